The average molecular weight is 341 g/mol. The molecule has 1 rings (SSSR count). The van der Waals surface area contributed by atoms with Gasteiger partial charge in [0.05, 0.1) is 11.2 Å². The summed E-state index contributed by atoms with van der Waals surface area (Å²) in [5.74, 6) is -1.93. The molecule has 0 radical (unpaired) electrons. The van der Waals surface area contributed by atoms with Gasteiger partial charge in [0, 0.05) is 6.54 Å². The van der Waals surface area contributed by atoms with Crippen LogP contribution in [0.4, 0.5) is 0 Å². The molecule has 0 aliphatic rings. The molecule has 0 atom stereocenters. The van der Waals surface area contributed by atoms with Crippen LogP contribution in [0.5, 0.6) is 5.75 Å². The molecule has 0 aromatic heterocycles. The zero-order valence-corrected chi connectivity index (χ0v) is 13.2. The van der Waals surface area contributed by atoms with E-state index in [0.717, 1.165) is 6.42 Å². The number of rotatable bonds is 7. The van der Waals surface area contributed by atoms with E-state index in [-0.39, 0.29) is 11.6 Å². The maximum atomic E-state index is 11.4. The molecule has 9 heteroatoms. The summed E-state index contributed by atoms with van der Waals surface area (Å²) in [6.45, 7) is 2.01. The lowest BCUT2D eigenvalue weighted by atomic mass is 10.2. The van der Waals surface area contributed by atoms with E-state index in [1.54, 1.807) is 6.07 Å². The Kier molecular flexibility index (Phi) is 7.55. The number of hydrogen-bond donors (Lipinski definition) is 3. The van der Waals surface area contributed by atoms with Crippen molar-refractivity contribution >= 4 is 35.5 Å². The van der Waals surface area contributed by atoms with Crippen LogP contribution in [0.3, 0.4) is 0 Å². The molecule has 0 fully saturated rings. The van der Waals surface area contributed by atoms with E-state index in [4.69, 9.17) is 22.1 Å². The number of benzene rings is 1. The van der Waals surface area contributed by atoms with Gasteiger partial charge in [-0.05, 0) is 30.2 Å². The van der Waals surface area contributed by atoms with Crippen LogP contribution in [0.15, 0.2) is 23.3 Å². The lowest BCUT2D eigenvalue weighted by molar-refractivity contribution is -0.139. The third-order valence-electron chi connectivity index (χ3n) is 2.45. The van der Waals surface area contributed by atoms with E-state index in [1.807, 2.05) is 6.92 Å². The van der Waals surface area contributed by atoms with Crippen LogP contribution < -0.4 is 21.2 Å². The van der Waals surface area contributed by atoms with Crippen LogP contribution in [-0.4, -0.2) is 37.1 Å². The van der Waals surface area contributed by atoms with Crippen molar-refractivity contribution in [2.75, 3.05) is 13.2 Å². The summed E-state index contributed by atoms with van der Waals surface area (Å²) in [6.07, 6.45) is 2.04. The van der Waals surface area contributed by atoms with Gasteiger partial charge in [-0.3, -0.25) is 14.4 Å². The summed E-state index contributed by atoms with van der Waals surface area (Å²) in [5.41, 5.74) is 7.63. The fraction of sp³-hybridized carbons (Fsp3) is 0.286. The first-order valence-electron chi connectivity index (χ1n) is 6.76. The lowest BCUT2D eigenvalue weighted by Crippen LogP contribution is -2.38. The fourth-order valence-electron chi connectivity index (χ4n) is 1.40. The molecule has 0 saturated heterocycles. The lowest BCUT2D eigenvalue weighted by Gasteiger charge is -2.06. The zero-order valence-electron chi connectivity index (χ0n) is 12.5. The van der Waals surface area contributed by atoms with Crippen LogP contribution in [0.25, 0.3) is 0 Å². The van der Waals surface area contributed by atoms with Crippen molar-refractivity contribution in [2.24, 2.45) is 10.8 Å². The highest BCUT2D eigenvalue weighted by Crippen LogP contribution is 2.24. The molecule has 23 heavy (non-hydrogen) atoms. The summed E-state index contributed by atoms with van der Waals surface area (Å²) in [7, 11) is 0. The third-order valence-corrected chi connectivity index (χ3v) is 2.74. The van der Waals surface area contributed by atoms with Gasteiger partial charge in [-0.25, -0.2) is 5.43 Å². The SMILES string of the molecule is CCCNC(=O)C(=O)N/N=C\c1ccc(OCC(N)=O)c(Cl)c1. The van der Waals surface area contributed by atoms with E-state index in [2.05, 4.69) is 15.8 Å². The van der Waals surface area contributed by atoms with Crippen LogP contribution in [-0.2, 0) is 14.4 Å². The standard InChI is InChI=1S/C14H17ClN4O4/c1-2-5-17-13(21)14(22)19-18-7-9-3-4-11(10(15)6-9)23-8-12(16)20/h3-4,6-7H,2,5,8H2,1H3,(H2,16,20)(H,17,21)(H,19,22)/b18-7-. The monoisotopic (exact) mass is 340 g/mol. The number of nitrogens with zero attached hydrogens (tertiary/aromatic N) is 1. The Morgan fingerprint density at radius 1 is 1.35 bits per heavy atom. The Bertz CT molecular complexity index is 619. The number of halogens is 1. The predicted molar refractivity (Wildman–Crippen MR) is 85.2 cm³/mol. The summed E-state index contributed by atoms with van der Waals surface area (Å²) in [6, 6.07) is 4.65. The van der Waals surface area contributed by atoms with Gasteiger partial charge in [0.2, 0.25) is 0 Å². The minimum absolute atomic E-state index is 0.252. The second-order valence-electron chi connectivity index (χ2n) is 4.40. The van der Waals surface area contributed by atoms with E-state index in [0.29, 0.717) is 17.9 Å². The Labute approximate surface area is 138 Å². The molecule has 0 spiro atoms. The third kappa shape index (κ3) is 6.79. The molecule has 3 amide bonds. The number of carbonyl (C=O) groups excluding carboxylic acids is 3. The highest BCUT2D eigenvalue weighted by atomic mass is 35.5. The zero-order chi connectivity index (χ0) is 17.2. The molecular weight excluding hydrogens is 324 g/mol. The first-order chi connectivity index (χ1) is 10.9. The Hall–Kier alpha value is -2.61. The Morgan fingerprint density at radius 2 is 2.09 bits per heavy atom. The second-order valence-corrected chi connectivity index (χ2v) is 4.81. The number of nitrogens with one attached hydrogen (secondary N) is 2. The van der Waals surface area contributed by atoms with E-state index >= 15 is 0 Å². The first kappa shape index (κ1) is 18.4. The van der Waals surface area contributed by atoms with Gasteiger partial charge < -0.3 is 15.8 Å². The minimum atomic E-state index is -0.859. The van der Waals surface area contributed by atoms with E-state index in [1.165, 1.54) is 18.3 Å². The largest absolute Gasteiger partial charge is 0.482 e. The molecule has 0 aliphatic carbocycles. The maximum absolute atomic E-state index is 11.4. The summed E-state index contributed by atoms with van der Waals surface area (Å²) in [5, 5.41) is 6.33. The fourth-order valence-corrected chi connectivity index (χ4v) is 1.64. The van der Waals surface area contributed by atoms with Crippen LogP contribution in [0.1, 0.15) is 18.9 Å². The molecule has 0 aliphatic heterocycles. The van der Waals surface area contributed by atoms with Crippen LogP contribution in [0, 0.1) is 0 Å². The number of amides is 3. The molecule has 124 valence electrons. The topological polar surface area (TPSA) is 123 Å². The smallest absolute Gasteiger partial charge is 0.329 e. The molecule has 0 unspecified atom stereocenters. The quantitative estimate of drug-likeness (QED) is 0.372. The number of ether oxygens (including phenoxy) is 1. The first-order valence-corrected chi connectivity index (χ1v) is 7.13. The second kappa shape index (κ2) is 9.42. The summed E-state index contributed by atoms with van der Waals surface area (Å²) >= 11 is 5.97. The molecule has 8 nitrogen and oxygen atoms in total. The summed E-state index contributed by atoms with van der Waals surface area (Å²) in [4.78, 5) is 33.3. The van der Waals surface area contributed by atoms with Crippen molar-refractivity contribution in [2.45, 2.75) is 13.3 Å². The Balaban J connectivity index is 2.57. The number of primary amides is 1. The maximum Gasteiger partial charge on any atom is 0.329 e. The van der Waals surface area contributed by atoms with Gasteiger partial charge in [-0.15, -0.1) is 0 Å². The van der Waals surface area contributed by atoms with Gasteiger partial charge in [0.25, 0.3) is 5.91 Å². The molecule has 1 aromatic rings. The minimum Gasteiger partial charge on any atom is -0.482 e. The summed E-state index contributed by atoms with van der Waals surface area (Å²) < 4.78 is 5.09. The molecule has 0 bridgehead atoms. The van der Waals surface area contributed by atoms with Crippen molar-refractivity contribution in [1.29, 1.82) is 0 Å². The van der Waals surface area contributed by atoms with Gasteiger partial charge in [-0.1, -0.05) is 18.5 Å². The van der Waals surface area contributed by atoms with Crippen molar-refractivity contribution in [3.05, 3.63) is 28.8 Å². The van der Waals surface area contributed by atoms with Gasteiger partial charge in [0.1, 0.15) is 5.75 Å². The number of nitrogens with two attached hydrogens (primary N) is 1. The normalized spacial score (nSPS) is 10.3. The van der Waals surface area contributed by atoms with Crippen LogP contribution >= 0.6 is 11.6 Å². The number of hydrogen-bond acceptors (Lipinski definition) is 5. The highest BCUT2D eigenvalue weighted by molar-refractivity contribution is 6.35. The van der Waals surface area contributed by atoms with E-state index < -0.39 is 17.7 Å². The van der Waals surface area contributed by atoms with Crippen molar-refractivity contribution in [3.8, 4) is 5.75 Å². The number of hydrazone groups is 1. The van der Waals surface area contributed by atoms with Gasteiger partial charge in [-0.2, -0.15) is 5.10 Å². The molecule has 1 aromatic carbocycles. The van der Waals surface area contributed by atoms with Gasteiger partial charge >= 0.3 is 11.8 Å². The van der Waals surface area contributed by atoms with Crippen molar-refractivity contribution in [1.82, 2.24) is 10.7 Å². The van der Waals surface area contributed by atoms with E-state index in [9.17, 15) is 14.4 Å². The molecule has 0 heterocycles. The van der Waals surface area contributed by atoms with Crippen molar-refractivity contribution in [3.63, 3.8) is 0 Å². The average Bonchev–Trinajstić information content (AvgIpc) is 2.51. The molecule has 4 N–H and O–H groups in total. The van der Waals surface area contributed by atoms with Crippen LogP contribution in [0.2, 0.25) is 5.02 Å². The van der Waals surface area contributed by atoms with Gasteiger partial charge in [0.15, 0.2) is 6.61 Å². The Morgan fingerprint density at radius 3 is 2.70 bits per heavy atom. The number of carbonyl (C=O) groups is 3. The molecular formula is C14H17ClN4O4. The highest BCUT2D eigenvalue weighted by Gasteiger charge is 2.10. The molecule has 0 saturated carbocycles. The van der Waals surface area contributed by atoms with Crippen molar-refractivity contribution < 1.29 is 19.1 Å². The predicted octanol–water partition coefficient (Wildman–Crippen LogP) is 0.180.